The van der Waals surface area contributed by atoms with Gasteiger partial charge >= 0.3 is 6.09 Å². The fourth-order valence-electron chi connectivity index (χ4n) is 6.80. The molecule has 242 valence electrons. The highest BCUT2D eigenvalue weighted by atomic mass is 19.3. The molecule has 10 nitrogen and oxygen atoms in total. The van der Waals surface area contributed by atoms with E-state index in [4.69, 9.17) is 9.47 Å². The third-order valence-corrected chi connectivity index (χ3v) is 9.49. The highest BCUT2D eigenvalue weighted by Gasteiger charge is 2.55. The highest BCUT2D eigenvalue weighted by molar-refractivity contribution is 5.92. The van der Waals surface area contributed by atoms with Gasteiger partial charge in [0.25, 0.3) is 5.92 Å². The largest absolute Gasteiger partial charge is 0.471 e. The van der Waals surface area contributed by atoms with E-state index in [1.54, 1.807) is 0 Å². The lowest BCUT2D eigenvalue weighted by Crippen LogP contribution is -2.57. The molecule has 2 fully saturated rings. The number of alkyl carbamates (subject to hydrolysis) is 1. The van der Waals surface area contributed by atoms with E-state index in [9.17, 15) is 19.6 Å². The summed E-state index contributed by atoms with van der Waals surface area (Å²) in [6.45, 7) is 10.4. The van der Waals surface area contributed by atoms with E-state index >= 15 is 8.78 Å². The predicted octanol–water partition coefficient (Wildman–Crippen LogP) is 5.66. The Balaban J connectivity index is 1.61. The molecule has 1 aromatic carbocycles. The molecule has 6 atom stereocenters. The van der Waals surface area contributed by atoms with Crippen molar-refractivity contribution < 1.29 is 32.6 Å². The minimum atomic E-state index is -3.40. The number of fused-ring (bicyclic) bond motifs is 5. The van der Waals surface area contributed by atoms with Crippen LogP contribution in [-0.2, 0) is 20.2 Å². The first-order valence-electron chi connectivity index (χ1n) is 15.6. The third kappa shape index (κ3) is 6.44. The van der Waals surface area contributed by atoms with Gasteiger partial charge in [0.1, 0.15) is 17.7 Å². The second kappa shape index (κ2) is 11.8. The van der Waals surface area contributed by atoms with E-state index in [1.165, 1.54) is 30.0 Å². The van der Waals surface area contributed by atoms with Gasteiger partial charge in [-0.1, -0.05) is 34.1 Å². The minimum absolute atomic E-state index is 0.0139. The van der Waals surface area contributed by atoms with Crippen LogP contribution >= 0.6 is 0 Å². The van der Waals surface area contributed by atoms with Crippen LogP contribution in [0.2, 0.25) is 0 Å². The molecule has 2 aliphatic heterocycles. The maximum Gasteiger partial charge on any atom is 0.408 e. The monoisotopic (exact) mass is 625 g/mol. The van der Waals surface area contributed by atoms with Gasteiger partial charge in [-0.15, -0.1) is 0 Å². The first kappa shape index (κ1) is 32.5. The van der Waals surface area contributed by atoms with Crippen molar-refractivity contribution in [2.24, 2.45) is 17.3 Å². The number of Topliss-reactive ketones (excluding diaryl/α,β-unsaturated/α-hetero) is 1. The summed E-state index contributed by atoms with van der Waals surface area (Å²) in [5.41, 5.74) is -1.40. The van der Waals surface area contributed by atoms with E-state index in [-0.39, 0.29) is 47.1 Å². The van der Waals surface area contributed by atoms with Crippen molar-refractivity contribution in [3.8, 4) is 11.9 Å². The number of rotatable bonds is 2. The number of nitriles is 1. The molecule has 45 heavy (non-hydrogen) atoms. The molecule has 3 heterocycles. The second-order valence-corrected chi connectivity index (χ2v) is 14.0. The van der Waals surface area contributed by atoms with Gasteiger partial charge in [0.15, 0.2) is 11.5 Å². The van der Waals surface area contributed by atoms with Gasteiger partial charge in [0, 0.05) is 18.3 Å². The van der Waals surface area contributed by atoms with Crippen LogP contribution in [0.25, 0.3) is 11.0 Å². The standard InChI is InChI=1S/C33H41F2N5O5/c1-7-21-24-17-40(25(21)18(2)41)29(42)27(31(3,4)5)39-30(43)45-32(6)15-20(32)10-8-9-13-33(34,35)26-28(44-24)38-23-14-19(16-36)11-12-22(23)37-26/h11-12,14,20-21,24-25,27H,7-10,13,15,17H2,1-6H3,(H,39,43)/t20-,21-,24+,25-,27-,32-/m1/s1. The molecule has 2 bridgehead atoms. The molecule has 1 aromatic heterocycles. The zero-order valence-corrected chi connectivity index (χ0v) is 26.7. The Bertz CT molecular complexity index is 1550. The lowest BCUT2D eigenvalue weighted by molar-refractivity contribution is -0.141. The Kier molecular flexibility index (Phi) is 8.53. The number of aromatic nitrogens is 2. The maximum absolute atomic E-state index is 16.0. The molecule has 1 saturated carbocycles. The van der Waals surface area contributed by atoms with Crippen molar-refractivity contribution in [2.75, 3.05) is 6.54 Å². The van der Waals surface area contributed by atoms with Gasteiger partial charge < -0.3 is 19.7 Å². The third-order valence-electron chi connectivity index (χ3n) is 9.49. The van der Waals surface area contributed by atoms with Gasteiger partial charge in [0.05, 0.1) is 35.3 Å². The molecule has 1 saturated heterocycles. The van der Waals surface area contributed by atoms with Crippen molar-refractivity contribution >= 4 is 28.8 Å². The SMILES string of the molecule is CC[C@@H]1[C@@H]2CN(C(=O)[C@H](C(C)(C)C)NC(=O)O[C@]3(C)C[C@H]3CCCCC(F)(F)c3nc4ccc(C#N)cc4nc3O2)[C@@H]1C(C)=O. The molecule has 2 aromatic rings. The van der Waals surface area contributed by atoms with E-state index in [0.29, 0.717) is 25.7 Å². The van der Waals surface area contributed by atoms with Crippen molar-refractivity contribution in [3.05, 3.63) is 29.5 Å². The van der Waals surface area contributed by atoms with Crippen LogP contribution in [0, 0.1) is 28.6 Å². The van der Waals surface area contributed by atoms with E-state index in [1.807, 2.05) is 40.7 Å². The van der Waals surface area contributed by atoms with Gasteiger partial charge in [0.2, 0.25) is 11.8 Å². The van der Waals surface area contributed by atoms with Crippen molar-refractivity contribution in [1.29, 1.82) is 5.26 Å². The lowest BCUT2D eigenvalue weighted by atomic mass is 9.85. The summed E-state index contributed by atoms with van der Waals surface area (Å²) in [5, 5.41) is 12.2. The van der Waals surface area contributed by atoms with Crippen molar-refractivity contribution in [2.45, 2.75) is 110 Å². The summed E-state index contributed by atoms with van der Waals surface area (Å²) in [6.07, 6.45) is 0.183. The number of ketones is 1. The van der Waals surface area contributed by atoms with Crippen molar-refractivity contribution in [1.82, 2.24) is 20.2 Å². The Morgan fingerprint density at radius 2 is 1.93 bits per heavy atom. The molecule has 1 aliphatic carbocycles. The number of nitrogens with one attached hydrogen (secondary N) is 1. The zero-order valence-electron chi connectivity index (χ0n) is 26.7. The minimum Gasteiger partial charge on any atom is -0.471 e. The molecule has 5 rings (SSSR count). The van der Waals surface area contributed by atoms with Crippen LogP contribution in [0.5, 0.6) is 5.88 Å². The Hall–Kier alpha value is -3.88. The Morgan fingerprint density at radius 1 is 1.20 bits per heavy atom. The molecule has 0 radical (unpaired) electrons. The topological polar surface area (TPSA) is 135 Å². The second-order valence-electron chi connectivity index (χ2n) is 14.0. The Morgan fingerprint density at radius 3 is 2.58 bits per heavy atom. The smallest absolute Gasteiger partial charge is 0.408 e. The van der Waals surface area contributed by atoms with Crippen LogP contribution in [0.3, 0.4) is 0 Å². The Labute approximate surface area is 261 Å². The zero-order chi connectivity index (χ0) is 32.9. The number of nitrogens with zero attached hydrogens (tertiary/aromatic N) is 4. The number of benzene rings is 1. The summed E-state index contributed by atoms with van der Waals surface area (Å²) in [6, 6.07) is 4.51. The molecular formula is C33H41F2N5O5. The fourth-order valence-corrected chi connectivity index (χ4v) is 6.80. The summed E-state index contributed by atoms with van der Waals surface area (Å²) >= 11 is 0. The predicted molar refractivity (Wildman–Crippen MR) is 160 cm³/mol. The molecule has 3 aliphatic rings. The molecule has 2 amide bonds. The highest BCUT2D eigenvalue weighted by Crippen LogP contribution is 2.50. The van der Waals surface area contributed by atoms with Crippen LogP contribution in [0.4, 0.5) is 13.6 Å². The molecule has 0 unspecified atom stereocenters. The number of alkyl halides is 2. The number of halogens is 2. The maximum atomic E-state index is 16.0. The lowest BCUT2D eigenvalue weighted by Gasteiger charge is -2.35. The first-order valence-corrected chi connectivity index (χ1v) is 15.6. The number of carbonyl (C=O) groups excluding carboxylic acids is 3. The summed E-state index contributed by atoms with van der Waals surface area (Å²) in [4.78, 5) is 50.5. The number of carbonyl (C=O) groups is 3. The fraction of sp³-hybridized carbons (Fsp3) is 0.636. The summed E-state index contributed by atoms with van der Waals surface area (Å²) in [7, 11) is 0. The van der Waals surface area contributed by atoms with Crippen LogP contribution < -0.4 is 10.1 Å². The normalized spacial score (nSPS) is 30.5. The average molecular weight is 626 g/mol. The number of amides is 2. The van der Waals surface area contributed by atoms with Gasteiger partial charge in [-0.3, -0.25) is 9.59 Å². The molecule has 1 N–H and O–H groups in total. The number of hydrogen-bond donors (Lipinski definition) is 1. The first-order chi connectivity index (χ1) is 21.1. The number of ether oxygens (including phenoxy) is 2. The van der Waals surface area contributed by atoms with Crippen LogP contribution in [0.15, 0.2) is 18.2 Å². The van der Waals surface area contributed by atoms with E-state index in [2.05, 4.69) is 15.3 Å². The van der Waals surface area contributed by atoms with Crippen LogP contribution in [-0.4, -0.2) is 63.0 Å². The molecular weight excluding hydrogens is 584 g/mol. The number of hydrogen-bond acceptors (Lipinski definition) is 8. The van der Waals surface area contributed by atoms with Gasteiger partial charge in [-0.05, 0) is 63.1 Å². The summed E-state index contributed by atoms with van der Waals surface area (Å²) < 4.78 is 44.0. The average Bonchev–Trinajstić information content (AvgIpc) is 3.44. The summed E-state index contributed by atoms with van der Waals surface area (Å²) in [5.74, 6) is -5.09. The van der Waals surface area contributed by atoms with Gasteiger partial charge in [-0.2, -0.15) is 14.0 Å². The van der Waals surface area contributed by atoms with E-state index in [0.717, 1.165) is 0 Å². The van der Waals surface area contributed by atoms with Crippen LogP contribution in [0.1, 0.15) is 91.3 Å². The van der Waals surface area contributed by atoms with Gasteiger partial charge in [-0.25, -0.2) is 14.8 Å². The quantitative estimate of drug-likeness (QED) is 0.452. The molecule has 12 heteroatoms. The molecule has 0 spiro atoms. The van der Waals surface area contributed by atoms with E-state index < -0.39 is 65.2 Å². The van der Waals surface area contributed by atoms with Crippen molar-refractivity contribution in [3.63, 3.8) is 0 Å².